The molecular formula is C12H9BrFN3O. The summed E-state index contributed by atoms with van der Waals surface area (Å²) in [7, 11) is 0. The lowest BCUT2D eigenvalue weighted by molar-refractivity contribution is 0.102. The average molecular weight is 310 g/mol. The van der Waals surface area contributed by atoms with Crippen molar-refractivity contribution in [2.24, 2.45) is 0 Å². The van der Waals surface area contributed by atoms with Gasteiger partial charge in [-0.05, 0) is 34.1 Å². The van der Waals surface area contributed by atoms with E-state index in [2.05, 4.69) is 26.2 Å². The SMILES string of the molecule is Nc1cnccc1NC(=O)c1cccc(F)c1Br. The van der Waals surface area contributed by atoms with E-state index in [1.165, 1.54) is 30.6 Å². The molecular weight excluding hydrogens is 301 g/mol. The van der Waals surface area contributed by atoms with Crippen molar-refractivity contribution in [3.63, 3.8) is 0 Å². The number of hydrogen-bond donors (Lipinski definition) is 2. The van der Waals surface area contributed by atoms with Crippen molar-refractivity contribution >= 4 is 33.2 Å². The summed E-state index contributed by atoms with van der Waals surface area (Å²) >= 11 is 3.03. The van der Waals surface area contributed by atoms with Gasteiger partial charge in [0.2, 0.25) is 0 Å². The third kappa shape index (κ3) is 2.48. The number of carbonyl (C=O) groups excluding carboxylic acids is 1. The lowest BCUT2D eigenvalue weighted by Gasteiger charge is -2.08. The van der Waals surface area contributed by atoms with Crippen molar-refractivity contribution in [2.75, 3.05) is 11.1 Å². The van der Waals surface area contributed by atoms with Crippen LogP contribution in [0.15, 0.2) is 41.1 Å². The molecule has 1 aromatic carbocycles. The number of halogens is 2. The maximum Gasteiger partial charge on any atom is 0.256 e. The molecule has 0 radical (unpaired) electrons. The molecule has 0 saturated heterocycles. The highest BCUT2D eigenvalue weighted by molar-refractivity contribution is 9.10. The minimum Gasteiger partial charge on any atom is -0.396 e. The Balaban J connectivity index is 2.28. The normalized spacial score (nSPS) is 10.1. The molecule has 0 aliphatic rings. The van der Waals surface area contributed by atoms with Gasteiger partial charge in [-0.2, -0.15) is 0 Å². The molecule has 0 unspecified atom stereocenters. The number of nitrogens with zero attached hydrogens (tertiary/aromatic N) is 1. The smallest absolute Gasteiger partial charge is 0.256 e. The van der Waals surface area contributed by atoms with Crippen molar-refractivity contribution in [1.29, 1.82) is 0 Å². The number of rotatable bonds is 2. The zero-order chi connectivity index (χ0) is 13.1. The van der Waals surface area contributed by atoms with Crippen molar-refractivity contribution < 1.29 is 9.18 Å². The van der Waals surface area contributed by atoms with Crippen molar-refractivity contribution in [2.45, 2.75) is 0 Å². The fraction of sp³-hybridized carbons (Fsp3) is 0. The first-order valence-electron chi connectivity index (χ1n) is 5.04. The molecule has 6 heteroatoms. The zero-order valence-electron chi connectivity index (χ0n) is 9.15. The van der Waals surface area contributed by atoms with Crippen LogP contribution in [0, 0.1) is 5.82 Å². The van der Waals surface area contributed by atoms with E-state index in [4.69, 9.17) is 5.73 Å². The van der Waals surface area contributed by atoms with E-state index in [0.717, 1.165) is 0 Å². The van der Waals surface area contributed by atoms with Crippen LogP contribution in [0.2, 0.25) is 0 Å². The molecule has 2 aromatic rings. The van der Waals surface area contributed by atoms with Crippen LogP contribution in [0.5, 0.6) is 0 Å². The van der Waals surface area contributed by atoms with Crippen LogP contribution in [-0.2, 0) is 0 Å². The highest BCUT2D eigenvalue weighted by Gasteiger charge is 2.13. The molecule has 0 aliphatic carbocycles. The van der Waals surface area contributed by atoms with Gasteiger partial charge in [0.15, 0.2) is 0 Å². The molecule has 1 heterocycles. The van der Waals surface area contributed by atoms with Crippen molar-refractivity contribution in [3.05, 3.63) is 52.5 Å². The van der Waals surface area contributed by atoms with E-state index in [1.807, 2.05) is 0 Å². The lowest BCUT2D eigenvalue weighted by atomic mass is 10.2. The van der Waals surface area contributed by atoms with E-state index in [-0.39, 0.29) is 10.0 Å². The molecule has 92 valence electrons. The highest BCUT2D eigenvalue weighted by atomic mass is 79.9. The van der Waals surface area contributed by atoms with Gasteiger partial charge < -0.3 is 11.1 Å². The van der Waals surface area contributed by atoms with Crippen LogP contribution in [0.1, 0.15) is 10.4 Å². The zero-order valence-corrected chi connectivity index (χ0v) is 10.7. The van der Waals surface area contributed by atoms with Crippen LogP contribution in [0.25, 0.3) is 0 Å². The number of amides is 1. The van der Waals surface area contributed by atoms with Gasteiger partial charge in [-0.1, -0.05) is 6.07 Å². The second-order valence-electron chi connectivity index (χ2n) is 3.52. The molecule has 0 fully saturated rings. The van der Waals surface area contributed by atoms with Gasteiger partial charge in [0.25, 0.3) is 5.91 Å². The lowest BCUT2D eigenvalue weighted by Crippen LogP contribution is -2.14. The third-order valence-electron chi connectivity index (χ3n) is 2.30. The first-order valence-corrected chi connectivity index (χ1v) is 5.83. The number of benzene rings is 1. The first-order chi connectivity index (χ1) is 8.59. The van der Waals surface area contributed by atoms with Gasteiger partial charge in [0, 0.05) is 6.20 Å². The fourth-order valence-corrected chi connectivity index (χ4v) is 1.83. The summed E-state index contributed by atoms with van der Waals surface area (Å²) in [6, 6.07) is 5.81. The van der Waals surface area contributed by atoms with Gasteiger partial charge >= 0.3 is 0 Å². The molecule has 0 bridgehead atoms. The average Bonchev–Trinajstić information content (AvgIpc) is 2.35. The van der Waals surface area contributed by atoms with Crippen LogP contribution in [-0.4, -0.2) is 10.9 Å². The molecule has 0 aliphatic heterocycles. The largest absolute Gasteiger partial charge is 0.396 e. The maximum absolute atomic E-state index is 13.3. The van der Waals surface area contributed by atoms with Crippen LogP contribution >= 0.6 is 15.9 Å². The number of nitrogens with two attached hydrogens (primary N) is 1. The molecule has 3 N–H and O–H groups in total. The molecule has 1 amide bonds. The molecule has 0 saturated carbocycles. The second-order valence-corrected chi connectivity index (χ2v) is 4.31. The van der Waals surface area contributed by atoms with Crippen LogP contribution in [0.4, 0.5) is 15.8 Å². The Morgan fingerprint density at radius 1 is 1.39 bits per heavy atom. The summed E-state index contributed by atoms with van der Waals surface area (Å²) in [5.74, 6) is -0.940. The second kappa shape index (κ2) is 5.14. The van der Waals surface area contributed by atoms with Gasteiger partial charge in [0.05, 0.1) is 27.6 Å². The topological polar surface area (TPSA) is 68.0 Å². The molecule has 1 aromatic heterocycles. The number of nitrogen functional groups attached to an aromatic ring is 1. The van der Waals surface area contributed by atoms with E-state index < -0.39 is 11.7 Å². The van der Waals surface area contributed by atoms with Crippen LogP contribution < -0.4 is 11.1 Å². The van der Waals surface area contributed by atoms with Gasteiger partial charge in [-0.15, -0.1) is 0 Å². The Morgan fingerprint density at radius 3 is 2.89 bits per heavy atom. The van der Waals surface area contributed by atoms with Crippen molar-refractivity contribution in [1.82, 2.24) is 4.98 Å². The standard InChI is InChI=1S/C12H9BrFN3O/c13-11-7(2-1-3-8(11)14)12(18)17-10-4-5-16-6-9(10)15/h1-6H,15H2,(H,16,17,18). The number of anilines is 2. The Kier molecular flexibility index (Phi) is 3.57. The Hall–Kier alpha value is -1.95. The molecule has 4 nitrogen and oxygen atoms in total. The van der Waals surface area contributed by atoms with E-state index in [0.29, 0.717) is 11.4 Å². The van der Waals surface area contributed by atoms with Crippen LogP contribution in [0.3, 0.4) is 0 Å². The molecule has 0 spiro atoms. The molecule has 0 atom stereocenters. The fourth-order valence-electron chi connectivity index (χ4n) is 1.39. The minimum absolute atomic E-state index is 0.120. The minimum atomic E-state index is -0.495. The Bertz CT molecular complexity index is 604. The number of hydrogen-bond acceptors (Lipinski definition) is 3. The summed E-state index contributed by atoms with van der Waals surface area (Å²) in [4.78, 5) is 15.8. The summed E-state index contributed by atoms with van der Waals surface area (Å²) in [6.45, 7) is 0. The van der Waals surface area contributed by atoms with Gasteiger partial charge in [-0.25, -0.2) is 4.39 Å². The molecule has 18 heavy (non-hydrogen) atoms. The highest BCUT2D eigenvalue weighted by Crippen LogP contribution is 2.22. The van der Waals surface area contributed by atoms with E-state index >= 15 is 0 Å². The maximum atomic E-state index is 13.3. The quantitative estimate of drug-likeness (QED) is 0.896. The number of carbonyl (C=O) groups is 1. The number of nitrogens with one attached hydrogen (secondary N) is 1. The summed E-state index contributed by atoms with van der Waals surface area (Å²) in [5.41, 5.74) is 6.63. The summed E-state index contributed by atoms with van der Waals surface area (Å²) in [5, 5.41) is 2.59. The monoisotopic (exact) mass is 309 g/mol. The van der Waals surface area contributed by atoms with Gasteiger partial charge in [0.1, 0.15) is 5.82 Å². The Morgan fingerprint density at radius 2 is 2.17 bits per heavy atom. The summed E-state index contributed by atoms with van der Waals surface area (Å²) in [6.07, 6.45) is 2.93. The first kappa shape index (κ1) is 12.5. The predicted molar refractivity (Wildman–Crippen MR) is 70.7 cm³/mol. The Labute approximate surface area is 111 Å². The van der Waals surface area contributed by atoms with E-state index in [9.17, 15) is 9.18 Å². The third-order valence-corrected chi connectivity index (χ3v) is 3.10. The number of aromatic nitrogens is 1. The molecule has 2 rings (SSSR count). The van der Waals surface area contributed by atoms with Crippen molar-refractivity contribution in [3.8, 4) is 0 Å². The summed E-state index contributed by atoms with van der Waals surface area (Å²) < 4.78 is 13.4. The van der Waals surface area contributed by atoms with E-state index in [1.54, 1.807) is 6.07 Å². The number of pyridine rings is 1. The van der Waals surface area contributed by atoms with Gasteiger partial charge in [-0.3, -0.25) is 9.78 Å². The predicted octanol–water partition coefficient (Wildman–Crippen LogP) is 2.82.